The summed E-state index contributed by atoms with van der Waals surface area (Å²) in [6.45, 7) is 0. The number of carboxylic acid groups (broad SMARTS) is 1. The van der Waals surface area contributed by atoms with Crippen molar-refractivity contribution in [2.75, 3.05) is 0 Å². The van der Waals surface area contributed by atoms with E-state index in [0.717, 1.165) is 0 Å². The fraction of sp³-hybridized carbons (Fsp3) is 0. The van der Waals surface area contributed by atoms with Gasteiger partial charge in [0.25, 0.3) is 11.4 Å². The average molecular weight is 418 g/mol. The molecule has 0 heterocycles. The molecule has 0 bridgehead atoms. The van der Waals surface area contributed by atoms with Crippen LogP contribution in [0.5, 0.6) is 0 Å². The molecule has 0 aliphatic rings. The van der Waals surface area contributed by atoms with Gasteiger partial charge in [-0.1, -0.05) is 17.7 Å². The van der Waals surface area contributed by atoms with Gasteiger partial charge in [0.15, 0.2) is 0 Å². The Kier molecular flexibility index (Phi) is 6.87. The molecule has 1 N–H and O–H groups in total. The molecule has 0 saturated heterocycles. The molecular formula is C8H6IrN2O6-2. The second-order valence-electron chi connectivity index (χ2n) is 2.44. The molecule has 95 valence electrons. The standard InChI is InChI=1S/C7H3N2O6.CH3.Ir/c10-7(11)4-1-2-5(8(12)13)6(3-4)9(14)15;;/h2-3H,(H,10,11);1H3;/q2*-1;. The normalized spacial score (nSPS) is 8.47. The summed E-state index contributed by atoms with van der Waals surface area (Å²) in [5, 5.41) is 29.2. The van der Waals surface area contributed by atoms with Crippen molar-refractivity contribution < 1.29 is 39.9 Å². The van der Waals surface area contributed by atoms with Crippen molar-refractivity contribution >= 4 is 17.3 Å². The molecule has 1 radical (unpaired) electrons. The summed E-state index contributed by atoms with van der Waals surface area (Å²) in [6, 6.07) is 3.33. The predicted molar refractivity (Wildman–Crippen MR) is 52.0 cm³/mol. The number of nitrogens with zero attached hydrogens (tertiary/aromatic N) is 2. The van der Waals surface area contributed by atoms with Crippen molar-refractivity contribution in [3.8, 4) is 0 Å². The van der Waals surface area contributed by atoms with Gasteiger partial charge in [0.2, 0.25) is 5.97 Å². The number of nitro benzene ring substituents is 2. The number of benzene rings is 1. The molecule has 1 aromatic rings. The van der Waals surface area contributed by atoms with Gasteiger partial charge >= 0.3 is 0 Å². The van der Waals surface area contributed by atoms with Crippen LogP contribution in [0.1, 0.15) is 10.4 Å². The second kappa shape index (κ2) is 6.66. The largest absolute Gasteiger partial charge is 0.521 e. The summed E-state index contributed by atoms with van der Waals surface area (Å²) < 4.78 is 0. The molecule has 1 rings (SSSR count). The zero-order chi connectivity index (χ0) is 11.6. The summed E-state index contributed by atoms with van der Waals surface area (Å²) >= 11 is 0. The average Bonchev–Trinajstić information content (AvgIpc) is 2.16. The Morgan fingerprint density at radius 3 is 2.06 bits per heavy atom. The maximum absolute atomic E-state index is 10.4. The quantitative estimate of drug-likeness (QED) is 0.450. The Labute approximate surface area is 109 Å². The van der Waals surface area contributed by atoms with E-state index in [4.69, 9.17) is 5.11 Å². The van der Waals surface area contributed by atoms with Gasteiger partial charge in [-0.25, -0.2) is 0 Å². The molecule has 9 heteroatoms. The summed E-state index contributed by atoms with van der Waals surface area (Å²) in [6.07, 6.45) is 0. The van der Waals surface area contributed by atoms with Crippen LogP contribution >= 0.6 is 0 Å². The molecule has 17 heavy (non-hydrogen) atoms. The summed E-state index contributed by atoms with van der Waals surface area (Å²) in [5.74, 6) is -1.44. The Morgan fingerprint density at radius 2 is 1.71 bits per heavy atom. The zero-order valence-electron chi connectivity index (χ0n) is 8.37. The van der Waals surface area contributed by atoms with Crippen molar-refractivity contribution in [1.82, 2.24) is 0 Å². The third-order valence-corrected chi connectivity index (χ3v) is 1.53. The predicted octanol–water partition coefficient (Wildman–Crippen LogP) is 1.45. The van der Waals surface area contributed by atoms with E-state index in [-0.39, 0.29) is 27.5 Å². The van der Waals surface area contributed by atoms with Crippen LogP contribution < -0.4 is 0 Å². The Bertz CT molecular complexity index is 461. The van der Waals surface area contributed by atoms with Gasteiger partial charge in [0, 0.05) is 30.0 Å². The monoisotopic (exact) mass is 419 g/mol. The van der Waals surface area contributed by atoms with Gasteiger partial charge in [-0.05, 0) is 0 Å². The minimum absolute atomic E-state index is 0. The van der Waals surface area contributed by atoms with Gasteiger partial charge < -0.3 is 17.3 Å². The van der Waals surface area contributed by atoms with Crippen LogP contribution in [0.15, 0.2) is 12.1 Å². The van der Waals surface area contributed by atoms with Gasteiger partial charge in [-0.3, -0.25) is 20.2 Å². The summed E-state index contributed by atoms with van der Waals surface area (Å²) in [4.78, 5) is 29.2. The second-order valence-corrected chi connectivity index (χ2v) is 2.44. The fourth-order valence-electron chi connectivity index (χ4n) is 0.888. The first-order chi connectivity index (χ1) is 6.93. The molecule has 0 saturated carbocycles. The number of nitro groups is 2. The molecule has 0 spiro atoms. The first kappa shape index (κ1) is 17.5. The van der Waals surface area contributed by atoms with Crippen molar-refractivity contribution in [2.24, 2.45) is 0 Å². The van der Waals surface area contributed by atoms with Gasteiger partial charge in [-0.15, -0.1) is 6.07 Å². The Morgan fingerprint density at radius 1 is 1.24 bits per heavy atom. The van der Waals surface area contributed by atoms with Crippen molar-refractivity contribution in [3.05, 3.63) is 51.4 Å². The van der Waals surface area contributed by atoms with Crippen LogP contribution in [-0.2, 0) is 20.1 Å². The number of carboxylic acids is 1. The van der Waals surface area contributed by atoms with Crippen LogP contribution in [0, 0.1) is 33.7 Å². The van der Waals surface area contributed by atoms with Crippen molar-refractivity contribution in [1.29, 1.82) is 0 Å². The third-order valence-electron chi connectivity index (χ3n) is 1.53. The maximum Gasteiger partial charge on any atom is 0.267 e. The number of carbonyl (C=O) groups is 1. The molecule has 0 fully saturated rings. The van der Waals surface area contributed by atoms with Gasteiger partial charge in [0.05, 0.1) is 0 Å². The van der Waals surface area contributed by atoms with E-state index in [0.29, 0.717) is 12.1 Å². The minimum atomic E-state index is -1.44. The van der Waals surface area contributed by atoms with E-state index in [2.05, 4.69) is 6.07 Å². The Balaban J connectivity index is 0. The molecule has 0 atom stereocenters. The topological polar surface area (TPSA) is 124 Å². The molecule has 0 aromatic heterocycles. The van der Waals surface area contributed by atoms with E-state index in [1.165, 1.54) is 0 Å². The van der Waals surface area contributed by atoms with Crippen LogP contribution in [0.25, 0.3) is 0 Å². The van der Waals surface area contributed by atoms with E-state index in [1.807, 2.05) is 0 Å². The molecule has 0 amide bonds. The number of hydrogen-bond acceptors (Lipinski definition) is 5. The van der Waals surface area contributed by atoms with Crippen LogP contribution in [-0.4, -0.2) is 20.9 Å². The summed E-state index contributed by atoms with van der Waals surface area (Å²) in [7, 11) is 0. The molecule has 8 nitrogen and oxygen atoms in total. The van der Waals surface area contributed by atoms with E-state index in [1.54, 1.807) is 0 Å². The zero-order valence-corrected chi connectivity index (χ0v) is 10.8. The molecule has 0 unspecified atom stereocenters. The number of rotatable bonds is 3. The van der Waals surface area contributed by atoms with Crippen molar-refractivity contribution in [3.63, 3.8) is 0 Å². The van der Waals surface area contributed by atoms with Crippen LogP contribution in [0.4, 0.5) is 11.4 Å². The van der Waals surface area contributed by atoms with Crippen LogP contribution in [0.2, 0.25) is 0 Å². The molecular weight excluding hydrogens is 412 g/mol. The fourth-order valence-corrected chi connectivity index (χ4v) is 0.888. The Hall–Kier alpha value is -1.86. The first-order valence-corrected chi connectivity index (χ1v) is 3.51. The van der Waals surface area contributed by atoms with Gasteiger partial charge in [0.1, 0.15) is 0 Å². The first-order valence-electron chi connectivity index (χ1n) is 3.51. The van der Waals surface area contributed by atoms with Crippen LogP contribution in [0.3, 0.4) is 0 Å². The summed E-state index contributed by atoms with van der Waals surface area (Å²) in [5.41, 5.74) is -2.14. The van der Waals surface area contributed by atoms with Crippen molar-refractivity contribution in [2.45, 2.75) is 0 Å². The third kappa shape index (κ3) is 3.89. The van der Waals surface area contributed by atoms with E-state index >= 15 is 0 Å². The molecule has 0 aliphatic heterocycles. The number of aromatic carboxylic acids is 1. The smallest absolute Gasteiger partial charge is 0.267 e. The maximum atomic E-state index is 10.4. The SMILES string of the molecule is O=C(O)c1[c-]cc([N+](=O)[O-])c([N+](=O)[O-])c1.[CH3-].[Ir]. The number of hydrogen-bond donors (Lipinski definition) is 1. The van der Waals surface area contributed by atoms with Gasteiger partial charge in [-0.2, -0.15) is 0 Å². The minimum Gasteiger partial charge on any atom is -0.521 e. The molecule has 0 aliphatic carbocycles. The van der Waals surface area contributed by atoms with E-state index < -0.39 is 32.8 Å². The van der Waals surface area contributed by atoms with E-state index in [9.17, 15) is 25.0 Å². The molecule has 1 aromatic carbocycles.